The summed E-state index contributed by atoms with van der Waals surface area (Å²) in [5.41, 5.74) is 14.3. The summed E-state index contributed by atoms with van der Waals surface area (Å²) >= 11 is 0. The number of nitrogens with two attached hydrogens (primary N) is 2. The Labute approximate surface area is 131 Å². The summed E-state index contributed by atoms with van der Waals surface area (Å²) < 4.78 is 0. The molecule has 3 fully saturated rings. The van der Waals surface area contributed by atoms with Crippen LogP contribution in [0.2, 0.25) is 0 Å². The first-order chi connectivity index (χ1) is 10.2. The van der Waals surface area contributed by atoms with E-state index < -0.39 is 0 Å². The molecule has 3 rings (SSSR count). The minimum atomic E-state index is -0.0751. The quantitative estimate of drug-likeness (QED) is 0.804. The van der Waals surface area contributed by atoms with E-state index in [9.17, 15) is 0 Å². The van der Waals surface area contributed by atoms with E-state index in [1.54, 1.807) is 0 Å². The average Bonchev–Trinajstić information content (AvgIpc) is 2.56. The molecule has 0 heterocycles. The van der Waals surface area contributed by atoms with Gasteiger partial charge in [-0.15, -0.1) is 0 Å². The predicted octanol–water partition coefficient (Wildman–Crippen LogP) is 4.51. The van der Waals surface area contributed by atoms with Gasteiger partial charge in [0.25, 0.3) is 0 Å². The zero-order valence-corrected chi connectivity index (χ0v) is 13.9. The van der Waals surface area contributed by atoms with Gasteiger partial charge in [0.05, 0.1) is 0 Å². The topological polar surface area (TPSA) is 52.0 Å². The Morgan fingerprint density at radius 3 is 1.43 bits per heavy atom. The van der Waals surface area contributed by atoms with Crippen LogP contribution >= 0.6 is 0 Å². The zero-order chi connectivity index (χ0) is 14.8. The molecule has 0 atom stereocenters. The van der Waals surface area contributed by atoms with Gasteiger partial charge in [-0.3, -0.25) is 0 Å². The minimum Gasteiger partial charge on any atom is -0.324 e. The number of hydrogen-bond donors (Lipinski definition) is 2. The highest BCUT2D eigenvalue weighted by Crippen LogP contribution is 2.50. The van der Waals surface area contributed by atoms with Gasteiger partial charge in [-0.25, -0.2) is 0 Å². The van der Waals surface area contributed by atoms with Crippen LogP contribution in [0.1, 0.15) is 96.3 Å². The Kier molecular flexibility index (Phi) is 4.95. The monoisotopic (exact) mass is 292 g/mol. The van der Waals surface area contributed by atoms with Crippen LogP contribution in [-0.2, 0) is 0 Å². The fourth-order valence-corrected chi connectivity index (χ4v) is 5.92. The van der Waals surface area contributed by atoms with Crippen molar-refractivity contribution in [2.75, 3.05) is 0 Å². The first kappa shape index (κ1) is 15.8. The maximum atomic E-state index is 7.33. The summed E-state index contributed by atoms with van der Waals surface area (Å²) in [6, 6.07) is 0. The molecular weight excluding hydrogens is 256 g/mol. The molecule has 122 valence electrons. The Balaban J connectivity index is 1.88. The van der Waals surface area contributed by atoms with Crippen LogP contribution in [0, 0.1) is 11.8 Å². The molecule has 0 aliphatic heterocycles. The molecular formula is C19H36N2. The van der Waals surface area contributed by atoms with Gasteiger partial charge >= 0.3 is 0 Å². The van der Waals surface area contributed by atoms with Crippen LogP contribution in [0.3, 0.4) is 0 Å². The normalized spacial score (nSPS) is 29.4. The van der Waals surface area contributed by atoms with Crippen LogP contribution in [0.25, 0.3) is 0 Å². The molecule has 0 radical (unpaired) electrons. The van der Waals surface area contributed by atoms with Crippen molar-refractivity contribution >= 4 is 0 Å². The lowest BCUT2D eigenvalue weighted by atomic mass is 9.53. The summed E-state index contributed by atoms with van der Waals surface area (Å²) in [6.07, 6.45) is 20.0. The van der Waals surface area contributed by atoms with Gasteiger partial charge in [0, 0.05) is 11.1 Å². The first-order valence-corrected chi connectivity index (χ1v) is 9.74. The summed E-state index contributed by atoms with van der Waals surface area (Å²) in [5, 5.41) is 0. The molecule has 3 aliphatic rings. The van der Waals surface area contributed by atoms with Crippen molar-refractivity contribution in [2.45, 2.75) is 107 Å². The molecule has 0 saturated heterocycles. The summed E-state index contributed by atoms with van der Waals surface area (Å²) in [4.78, 5) is 0. The van der Waals surface area contributed by atoms with Crippen LogP contribution in [0.5, 0.6) is 0 Å². The first-order valence-electron chi connectivity index (χ1n) is 9.74. The largest absolute Gasteiger partial charge is 0.324 e. The van der Waals surface area contributed by atoms with Crippen molar-refractivity contribution in [2.24, 2.45) is 23.3 Å². The van der Waals surface area contributed by atoms with E-state index >= 15 is 0 Å². The van der Waals surface area contributed by atoms with E-state index in [2.05, 4.69) is 0 Å². The molecule has 21 heavy (non-hydrogen) atoms. The van der Waals surface area contributed by atoms with E-state index in [1.807, 2.05) is 0 Å². The molecule has 4 N–H and O–H groups in total. The van der Waals surface area contributed by atoms with E-state index in [0.717, 1.165) is 0 Å². The second-order valence-electron chi connectivity index (χ2n) is 8.32. The van der Waals surface area contributed by atoms with Crippen molar-refractivity contribution < 1.29 is 0 Å². The molecule has 0 spiro atoms. The van der Waals surface area contributed by atoms with Crippen molar-refractivity contribution in [3.05, 3.63) is 0 Å². The predicted molar refractivity (Wildman–Crippen MR) is 90.1 cm³/mol. The highest BCUT2D eigenvalue weighted by molar-refractivity contribution is 5.14. The molecule has 0 unspecified atom stereocenters. The SMILES string of the molecule is NC1(C(N)(C2CCCCC2)C2CCCCC2)CCCCC1. The molecule has 0 aromatic carbocycles. The fraction of sp³-hybridized carbons (Fsp3) is 1.00. The van der Waals surface area contributed by atoms with Gasteiger partial charge in [0.15, 0.2) is 0 Å². The Morgan fingerprint density at radius 1 is 0.619 bits per heavy atom. The van der Waals surface area contributed by atoms with Gasteiger partial charge in [-0.2, -0.15) is 0 Å². The number of rotatable bonds is 3. The minimum absolute atomic E-state index is 0.0741. The Bertz CT molecular complexity index is 302. The summed E-state index contributed by atoms with van der Waals surface area (Å²) in [6.45, 7) is 0. The maximum absolute atomic E-state index is 7.33. The second kappa shape index (κ2) is 6.58. The van der Waals surface area contributed by atoms with Crippen molar-refractivity contribution in [3.63, 3.8) is 0 Å². The van der Waals surface area contributed by atoms with E-state index in [1.165, 1.54) is 96.3 Å². The highest BCUT2D eigenvalue weighted by atomic mass is 15.0. The average molecular weight is 293 g/mol. The van der Waals surface area contributed by atoms with Gasteiger partial charge in [-0.05, 0) is 50.4 Å². The van der Waals surface area contributed by atoms with E-state index in [4.69, 9.17) is 11.5 Å². The Hall–Kier alpha value is -0.0800. The number of hydrogen-bond acceptors (Lipinski definition) is 2. The zero-order valence-electron chi connectivity index (χ0n) is 13.9. The maximum Gasteiger partial charge on any atom is 0.0393 e. The van der Waals surface area contributed by atoms with Crippen LogP contribution in [0.4, 0.5) is 0 Å². The molecule has 0 bridgehead atoms. The highest BCUT2D eigenvalue weighted by Gasteiger charge is 2.54. The summed E-state index contributed by atoms with van der Waals surface area (Å²) in [7, 11) is 0. The van der Waals surface area contributed by atoms with E-state index in [0.29, 0.717) is 11.8 Å². The van der Waals surface area contributed by atoms with Crippen LogP contribution in [-0.4, -0.2) is 11.1 Å². The molecule has 0 aromatic heterocycles. The second-order valence-corrected chi connectivity index (χ2v) is 8.32. The molecule has 2 heteroatoms. The van der Waals surface area contributed by atoms with Gasteiger partial charge in [-0.1, -0.05) is 57.8 Å². The molecule has 3 saturated carbocycles. The van der Waals surface area contributed by atoms with Gasteiger partial charge < -0.3 is 11.5 Å². The lowest BCUT2D eigenvalue weighted by Gasteiger charge is -2.58. The fourth-order valence-electron chi connectivity index (χ4n) is 5.92. The van der Waals surface area contributed by atoms with Crippen molar-refractivity contribution in [1.82, 2.24) is 0 Å². The van der Waals surface area contributed by atoms with Gasteiger partial charge in [0.2, 0.25) is 0 Å². The summed E-state index contributed by atoms with van der Waals surface area (Å²) in [5.74, 6) is 1.38. The standard InChI is InChI=1S/C19H36N2/c20-18(14-8-3-9-15-18)19(21,16-10-4-1-5-11-16)17-12-6-2-7-13-17/h16-17H,1-15,20-21H2. The lowest BCUT2D eigenvalue weighted by molar-refractivity contribution is 0.0120. The van der Waals surface area contributed by atoms with Crippen LogP contribution in [0.15, 0.2) is 0 Å². The Morgan fingerprint density at radius 2 is 1.00 bits per heavy atom. The molecule has 3 aliphatic carbocycles. The van der Waals surface area contributed by atoms with Crippen molar-refractivity contribution in [1.29, 1.82) is 0 Å². The third-order valence-corrected chi connectivity index (χ3v) is 7.17. The van der Waals surface area contributed by atoms with Crippen LogP contribution < -0.4 is 11.5 Å². The smallest absolute Gasteiger partial charge is 0.0393 e. The molecule has 0 amide bonds. The molecule has 0 aromatic rings. The third-order valence-electron chi connectivity index (χ3n) is 7.17. The molecule has 2 nitrogen and oxygen atoms in total. The third kappa shape index (κ3) is 2.91. The van der Waals surface area contributed by atoms with Gasteiger partial charge in [0.1, 0.15) is 0 Å². The van der Waals surface area contributed by atoms with Crippen molar-refractivity contribution in [3.8, 4) is 0 Å². The lowest BCUT2D eigenvalue weighted by Crippen LogP contribution is -2.73. The van der Waals surface area contributed by atoms with E-state index in [-0.39, 0.29) is 11.1 Å².